The van der Waals surface area contributed by atoms with E-state index in [0.29, 0.717) is 28.1 Å². The third-order valence-corrected chi connectivity index (χ3v) is 2.83. The van der Waals surface area contributed by atoms with Crippen molar-refractivity contribution in [2.24, 2.45) is 0 Å². The number of hydrogen-bond donors (Lipinski definition) is 1. The van der Waals surface area contributed by atoms with Gasteiger partial charge in [-0.2, -0.15) is 0 Å². The van der Waals surface area contributed by atoms with Gasteiger partial charge in [0.15, 0.2) is 0 Å². The van der Waals surface area contributed by atoms with Gasteiger partial charge in [0.05, 0.1) is 30.2 Å². The summed E-state index contributed by atoms with van der Waals surface area (Å²) >= 11 is 0. The van der Waals surface area contributed by atoms with Crippen LogP contribution in [0.25, 0.3) is 11.1 Å². The highest BCUT2D eigenvalue weighted by molar-refractivity contribution is 6.06. The highest BCUT2D eigenvalue weighted by Crippen LogP contribution is 2.21. The lowest BCUT2D eigenvalue weighted by molar-refractivity contribution is -0.140. The van der Waals surface area contributed by atoms with Crippen LogP contribution in [-0.4, -0.2) is 35.7 Å². The monoisotopic (exact) mass is 277 g/mol. The highest BCUT2D eigenvalue weighted by Gasteiger charge is 2.17. The van der Waals surface area contributed by atoms with Crippen molar-refractivity contribution in [2.75, 3.05) is 13.7 Å². The molecule has 20 heavy (non-hydrogen) atoms. The van der Waals surface area contributed by atoms with Crippen LogP contribution >= 0.6 is 0 Å². The van der Waals surface area contributed by atoms with Gasteiger partial charge in [-0.3, -0.25) is 9.59 Å². The van der Waals surface area contributed by atoms with E-state index in [2.05, 4.69) is 20.2 Å². The lowest BCUT2D eigenvalue weighted by Crippen LogP contribution is -2.26. The third kappa shape index (κ3) is 2.76. The number of esters is 1. The van der Waals surface area contributed by atoms with Crippen molar-refractivity contribution in [3.8, 4) is 0 Å². The quantitative estimate of drug-likeness (QED) is 0.842. The topological polar surface area (TPSA) is 94.3 Å². The molecule has 0 bridgehead atoms. The van der Waals surface area contributed by atoms with E-state index in [4.69, 9.17) is 4.52 Å². The summed E-state index contributed by atoms with van der Waals surface area (Å²) in [4.78, 5) is 27.3. The molecule has 0 radical (unpaired) electrons. The smallest absolute Gasteiger partial charge is 0.307 e. The molecule has 1 amide bonds. The van der Waals surface area contributed by atoms with Gasteiger partial charge in [0.25, 0.3) is 11.6 Å². The van der Waals surface area contributed by atoms with Crippen LogP contribution in [0.2, 0.25) is 0 Å². The maximum atomic E-state index is 12.2. The first-order valence-corrected chi connectivity index (χ1v) is 6.11. The zero-order chi connectivity index (χ0) is 14.7. The van der Waals surface area contributed by atoms with Gasteiger partial charge < -0.3 is 14.6 Å². The standard InChI is InChI=1S/C13H15N3O4/c1-7-6-9(11-8(2)16-20-13(11)15-7)12(18)14-5-4-10(17)19-3/h6H,4-5H2,1-3H3,(H,14,18). The maximum absolute atomic E-state index is 12.2. The maximum Gasteiger partial charge on any atom is 0.307 e. The van der Waals surface area contributed by atoms with Crippen LogP contribution in [0.5, 0.6) is 0 Å². The predicted molar refractivity (Wildman–Crippen MR) is 70.2 cm³/mol. The van der Waals surface area contributed by atoms with E-state index in [9.17, 15) is 9.59 Å². The molecule has 0 spiro atoms. The summed E-state index contributed by atoms with van der Waals surface area (Å²) in [6, 6.07) is 1.67. The Morgan fingerprint density at radius 1 is 1.40 bits per heavy atom. The van der Waals surface area contributed by atoms with E-state index < -0.39 is 0 Å². The number of aryl methyl sites for hydroxylation is 2. The normalized spacial score (nSPS) is 10.6. The van der Waals surface area contributed by atoms with Crippen molar-refractivity contribution >= 4 is 23.0 Å². The van der Waals surface area contributed by atoms with Gasteiger partial charge in [-0.15, -0.1) is 0 Å². The first-order valence-electron chi connectivity index (χ1n) is 6.11. The molecule has 2 heterocycles. The van der Waals surface area contributed by atoms with Crippen LogP contribution in [0.1, 0.15) is 28.2 Å². The third-order valence-electron chi connectivity index (χ3n) is 2.83. The Bertz CT molecular complexity index is 663. The average molecular weight is 277 g/mol. The minimum Gasteiger partial charge on any atom is -0.469 e. The number of ether oxygens (including phenoxy) is 1. The molecule has 2 aromatic heterocycles. The zero-order valence-corrected chi connectivity index (χ0v) is 11.5. The molecular formula is C13H15N3O4. The molecule has 0 aliphatic rings. The number of nitrogens with zero attached hydrogens (tertiary/aromatic N) is 2. The molecule has 0 aliphatic carbocycles. The van der Waals surface area contributed by atoms with Crippen molar-refractivity contribution in [3.05, 3.63) is 23.0 Å². The van der Waals surface area contributed by atoms with Crippen LogP contribution in [-0.2, 0) is 9.53 Å². The summed E-state index contributed by atoms with van der Waals surface area (Å²) in [6.45, 7) is 3.72. The van der Waals surface area contributed by atoms with Gasteiger partial charge in [0.1, 0.15) is 0 Å². The number of rotatable bonds is 4. The van der Waals surface area contributed by atoms with E-state index in [0.717, 1.165) is 0 Å². The largest absolute Gasteiger partial charge is 0.469 e. The minimum absolute atomic E-state index is 0.123. The van der Waals surface area contributed by atoms with Gasteiger partial charge >= 0.3 is 5.97 Å². The van der Waals surface area contributed by atoms with Gasteiger partial charge in [0, 0.05) is 12.2 Å². The number of hydrogen-bond acceptors (Lipinski definition) is 6. The Kier molecular flexibility index (Phi) is 3.97. The second-order valence-corrected chi connectivity index (χ2v) is 4.34. The summed E-state index contributed by atoms with van der Waals surface area (Å²) < 4.78 is 9.57. The molecule has 0 unspecified atom stereocenters. The molecule has 0 saturated heterocycles. The number of amides is 1. The summed E-state index contributed by atoms with van der Waals surface area (Å²) in [5.41, 5.74) is 2.04. The second-order valence-electron chi connectivity index (χ2n) is 4.34. The predicted octanol–water partition coefficient (Wildman–Crippen LogP) is 1.13. The Balaban J connectivity index is 2.21. The second kappa shape index (κ2) is 5.68. The minimum atomic E-state index is -0.373. The number of aromatic nitrogens is 2. The van der Waals surface area contributed by atoms with Crippen LogP contribution in [0, 0.1) is 13.8 Å². The Morgan fingerprint density at radius 3 is 2.85 bits per heavy atom. The fourth-order valence-corrected chi connectivity index (χ4v) is 1.87. The van der Waals surface area contributed by atoms with Crippen molar-refractivity contribution < 1.29 is 18.8 Å². The number of nitrogens with one attached hydrogen (secondary N) is 1. The molecular weight excluding hydrogens is 262 g/mol. The molecule has 7 heteroatoms. The van der Waals surface area contributed by atoms with E-state index in [1.54, 1.807) is 19.9 Å². The number of fused-ring (bicyclic) bond motifs is 1. The Labute approximate surface area is 115 Å². The molecule has 0 aromatic carbocycles. The SMILES string of the molecule is COC(=O)CCNC(=O)c1cc(C)nc2onc(C)c12. The van der Waals surface area contributed by atoms with Crippen molar-refractivity contribution in [2.45, 2.75) is 20.3 Å². The number of carbonyl (C=O) groups excluding carboxylic acids is 2. The number of pyridine rings is 1. The molecule has 0 fully saturated rings. The van der Waals surface area contributed by atoms with Gasteiger partial charge in [-0.05, 0) is 19.9 Å². The van der Waals surface area contributed by atoms with Crippen LogP contribution in [0.4, 0.5) is 0 Å². The molecule has 0 atom stereocenters. The van der Waals surface area contributed by atoms with Crippen LogP contribution in [0.3, 0.4) is 0 Å². The van der Waals surface area contributed by atoms with Crippen LogP contribution in [0.15, 0.2) is 10.6 Å². The molecule has 2 aromatic rings. The highest BCUT2D eigenvalue weighted by atomic mass is 16.5. The summed E-state index contributed by atoms with van der Waals surface area (Å²) in [5.74, 6) is -0.668. The van der Waals surface area contributed by atoms with Crippen LogP contribution < -0.4 is 5.32 Å². The molecule has 106 valence electrons. The molecule has 2 rings (SSSR count). The van der Waals surface area contributed by atoms with Crippen molar-refractivity contribution in [1.82, 2.24) is 15.5 Å². The average Bonchev–Trinajstić information content (AvgIpc) is 2.78. The summed E-state index contributed by atoms with van der Waals surface area (Å²) in [6.07, 6.45) is 0.123. The molecule has 0 aliphatic heterocycles. The van der Waals surface area contributed by atoms with Gasteiger partial charge in [-0.25, -0.2) is 4.98 Å². The van der Waals surface area contributed by atoms with E-state index in [1.165, 1.54) is 7.11 Å². The fourth-order valence-electron chi connectivity index (χ4n) is 1.87. The molecule has 7 nitrogen and oxygen atoms in total. The van der Waals surface area contributed by atoms with Gasteiger partial charge in [0.2, 0.25) is 0 Å². The Morgan fingerprint density at radius 2 is 2.15 bits per heavy atom. The van der Waals surface area contributed by atoms with Crippen molar-refractivity contribution in [1.29, 1.82) is 0 Å². The first-order chi connectivity index (χ1) is 9.52. The van der Waals surface area contributed by atoms with E-state index in [-0.39, 0.29) is 24.8 Å². The van der Waals surface area contributed by atoms with Crippen molar-refractivity contribution in [3.63, 3.8) is 0 Å². The zero-order valence-electron chi connectivity index (χ0n) is 11.5. The lowest BCUT2D eigenvalue weighted by Gasteiger charge is -2.06. The fraction of sp³-hybridized carbons (Fsp3) is 0.385. The molecule has 1 N–H and O–H groups in total. The molecule has 0 saturated carbocycles. The lowest BCUT2D eigenvalue weighted by atomic mass is 10.1. The first kappa shape index (κ1) is 14.0. The van der Waals surface area contributed by atoms with E-state index in [1.807, 2.05) is 0 Å². The summed E-state index contributed by atoms with van der Waals surface area (Å²) in [5, 5.41) is 7.06. The number of carbonyl (C=O) groups is 2. The van der Waals surface area contributed by atoms with E-state index >= 15 is 0 Å². The number of methoxy groups -OCH3 is 1. The van der Waals surface area contributed by atoms with Gasteiger partial charge in [-0.1, -0.05) is 5.16 Å². The Hall–Kier alpha value is -2.44. The summed E-state index contributed by atoms with van der Waals surface area (Å²) in [7, 11) is 1.31.